The van der Waals surface area contributed by atoms with Crippen LogP contribution in [0.25, 0.3) is 0 Å². The molecule has 0 saturated heterocycles. The predicted octanol–water partition coefficient (Wildman–Crippen LogP) is 0.568. The Balaban J connectivity index is 2.33. The zero-order valence-electron chi connectivity index (χ0n) is 11.6. The molecule has 2 aromatic rings. The first-order valence-electron chi connectivity index (χ1n) is 6.03. The van der Waals surface area contributed by atoms with Crippen LogP contribution in [0.1, 0.15) is 17.0 Å². The summed E-state index contributed by atoms with van der Waals surface area (Å²) in [4.78, 5) is 4.36. The zero-order valence-corrected chi connectivity index (χ0v) is 13.2. The van der Waals surface area contributed by atoms with Gasteiger partial charge in [0.15, 0.2) is 0 Å². The molecule has 1 aromatic heterocycles. The Kier molecular flexibility index (Phi) is 4.35. The average molecular weight is 325 g/mol. The summed E-state index contributed by atoms with van der Waals surface area (Å²) in [5.41, 5.74) is 6.77. The second kappa shape index (κ2) is 5.88. The molecule has 1 aromatic carbocycles. The monoisotopic (exact) mass is 325 g/mol. The van der Waals surface area contributed by atoms with E-state index in [1.54, 1.807) is 19.1 Å². The molecule has 1 heterocycles. The third-order valence-electron chi connectivity index (χ3n) is 2.99. The highest BCUT2D eigenvalue weighted by Gasteiger charge is 2.23. The van der Waals surface area contributed by atoms with Crippen molar-refractivity contribution in [3.05, 3.63) is 41.5 Å². The van der Waals surface area contributed by atoms with Crippen LogP contribution in [0.2, 0.25) is 0 Å². The van der Waals surface area contributed by atoms with Gasteiger partial charge >= 0.3 is 0 Å². The van der Waals surface area contributed by atoms with Crippen molar-refractivity contribution < 1.29 is 8.42 Å². The van der Waals surface area contributed by atoms with Gasteiger partial charge in [0, 0.05) is 12.6 Å². The average Bonchev–Trinajstić information content (AvgIpc) is 2.90. The lowest BCUT2D eigenvalue weighted by atomic mass is 10.1. The zero-order chi connectivity index (χ0) is 15.6. The molecule has 0 aliphatic heterocycles. The summed E-state index contributed by atoms with van der Waals surface area (Å²) in [5, 5.41) is 6.32. The number of hydrogen-bond acceptors (Lipinski definition) is 5. The van der Waals surface area contributed by atoms with Crippen LogP contribution in [0.4, 0.5) is 0 Å². The molecule has 0 amide bonds. The van der Waals surface area contributed by atoms with Gasteiger partial charge in [-0.15, -0.1) is 0 Å². The van der Waals surface area contributed by atoms with Gasteiger partial charge in [0.1, 0.15) is 17.1 Å². The number of hydrogen-bond donors (Lipinski definition) is 2. The van der Waals surface area contributed by atoms with Gasteiger partial charge in [0.05, 0.1) is 11.4 Å². The second-order valence-electron chi connectivity index (χ2n) is 4.54. The summed E-state index contributed by atoms with van der Waals surface area (Å²) in [7, 11) is -2.14. The molecule has 0 radical (unpaired) electrons. The van der Waals surface area contributed by atoms with Crippen molar-refractivity contribution >= 4 is 27.2 Å². The minimum Gasteiger partial charge on any atom is -0.389 e. The minimum absolute atomic E-state index is 0.110. The summed E-state index contributed by atoms with van der Waals surface area (Å²) in [6.45, 7) is 1.82. The van der Waals surface area contributed by atoms with Gasteiger partial charge in [0.25, 0.3) is 0 Å². The minimum atomic E-state index is -3.63. The number of nitrogens with zero attached hydrogens (tertiary/aromatic N) is 3. The summed E-state index contributed by atoms with van der Waals surface area (Å²) in [6, 6.07) is 4.78. The number of nitrogens with one attached hydrogen (secondary N) is 1. The Hall–Kier alpha value is -1.84. The highest BCUT2D eigenvalue weighted by Crippen LogP contribution is 2.21. The van der Waals surface area contributed by atoms with Gasteiger partial charge in [-0.25, -0.2) is 13.4 Å². The van der Waals surface area contributed by atoms with Crippen LogP contribution in [0, 0.1) is 6.92 Å². The number of nitrogens with two attached hydrogens (primary N) is 1. The lowest BCUT2D eigenvalue weighted by molar-refractivity contribution is 0.457. The first kappa shape index (κ1) is 15.5. The lowest BCUT2D eigenvalue weighted by Gasteiger charge is -2.17. The first-order valence-corrected chi connectivity index (χ1v) is 7.88. The quantitative estimate of drug-likeness (QED) is 0.779. The Morgan fingerprint density at radius 1 is 1.48 bits per heavy atom. The van der Waals surface area contributed by atoms with Gasteiger partial charge in [-0.1, -0.05) is 18.3 Å². The molecule has 0 saturated carbocycles. The van der Waals surface area contributed by atoms with Gasteiger partial charge < -0.3 is 5.73 Å². The number of H-pyrrole nitrogens is 1. The maximum absolute atomic E-state index is 12.6. The third kappa shape index (κ3) is 3.26. The number of aromatic amines is 1. The van der Waals surface area contributed by atoms with E-state index in [1.165, 1.54) is 23.7 Å². The highest BCUT2D eigenvalue weighted by atomic mass is 32.2. The van der Waals surface area contributed by atoms with Gasteiger partial charge in [-0.2, -0.15) is 9.40 Å². The molecule has 0 bridgehead atoms. The van der Waals surface area contributed by atoms with Crippen LogP contribution in [0.3, 0.4) is 0 Å². The summed E-state index contributed by atoms with van der Waals surface area (Å²) >= 11 is 4.89. The number of benzene rings is 1. The largest absolute Gasteiger partial charge is 0.389 e. The fourth-order valence-corrected chi connectivity index (χ4v) is 3.32. The van der Waals surface area contributed by atoms with Crippen LogP contribution in [-0.4, -0.2) is 39.9 Å². The third-order valence-corrected chi connectivity index (χ3v) is 5.18. The standard InChI is InChI=1S/C12H15N5O2S2/c1-8-5-9(12(13)20)3-4-10(8)21(18,19)17(2)6-11-14-7-15-16-11/h3-5,7H,6H2,1-2H3,(H2,13,20)(H,14,15,16). The van der Waals surface area contributed by atoms with E-state index in [1.807, 2.05) is 0 Å². The van der Waals surface area contributed by atoms with E-state index >= 15 is 0 Å². The van der Waals surface area contributed by atoms with Crippen molar-refractivity contribution in [2.75, 3.05) is 7.05 Å². The van der Waals surface area contributed by atoms with Crippen LogP contribution in [-0.2, 0) is 16.6 Å². The van der Waals surface area contributed by atoms with Crippen molar-refractivity contribution in [3.63, 3.8) is 0 Å². The first-order chi connectivity index (χ1) is 9.82. The molecule has 0 spiro atoms. The van der Waals surface area contributed by atoms with Gasteiger partial charge in [-0.05, 0) is 24.6 Å². The second-order valence-corrected chi connectivity index (χ2v) is 6.99. The maximum Gasteiger partial charge on any atom is 0.243 e. The van der Waals surface area contributed by atoms with Crippen molar-refractivity contribution in [2.24, 2.45) is 5.73 Å². The lowest BCUT2D eigenvalue weighted by Crippen LogP contribution is -2.27. The van der Waals surface area contributed by atoms with E-state index in [0.29, 0.717) is 17.0 Å². The molecule has 0 atom stereocenters. The summed E-state index contributed by atoms with van der Waals surface area (Å²) in [5.74, 6) is 0.471. The highest BCUT2D eigenvalue weighted by molar-refractivity contribution is 7.89. The van der Waals surface area contributed by atoms with Gasteiger partial charge in [-0.3, -0.25) is 5.10 Å². The fourth-order valence-electron chi connectivity index (χ4n) is 1.86. The number of aryl methyl sites for hydroxylation is 1. The van der Waals surface area contributed by atoms with E-state index in [2.05, 4.69) is 15.2 Å². The van der Waals surface area contributed by atoms with E-state index in [4.69, 9.17) is 18.0 Å². The molecule has 112 valence electrons. The fraction of sp³-hybridized carbons (Fsp3) is 0.250. The van der Waals surface area contributed by atoms with E-state index < -0.39 is 10.0 Å². The molecule has 0 fully saturated rings. The number of rotatable bonds is 5. The maximum atomic E-state index is 12.6. The Morgan fingerprint density at radius 3 is 2.71 bits per heavy atom. The SMILES string of the molecule is Cc1cc(C(N)=S)ccc1S(=O)(=O)N(C)Cc1ncn[nH]1. The Labute approximate surface area is 128 Å². The van der Waals surface area contributed by atoms with Crippen molar-refractivity contribution in [1.82, 2.24) is 19.5 Å². The molecular formula is C12H15N5O2S2. The summed E-state index contributed by atoms with van der Waals surface area (Å²) < 4.78 is 26.3. The van der Waals surface area contributed by atoms with E-state index in [-0.39, 0.29) is 16.4 Å². The smallest absolute Gasteiger partial charge is 0.243 e. The molecule has 7 nitrogen and oxygen atoms in total. The topological polar surface area (TPSA) is 105 Å². The molecule has 9 heteroatoms. The Bertz CT molecular complexity index is 756. The number of thiocarbonyl (C=S) groups is 1. The number of aromatic nitrogens is 3. The van der Waals surface area contributed by atoms with Crippen LogP contribution in [0.5, 0.6) is 0 Å². The van der Waals surface area contributed by atoms with Crippen LogP contribution in [0.15, 0.2) is 29.4 Å². The van der Waals surface area contributed by atoms with E-state index in [0.717, 1.165) is 0 Å². The summed E-state index contributed by atoms with van der Waals surface area (Å²) in [6.07, 6.45) is 1.33. The molecule has 0 aliphatic carbocycles. The molecular weight excluding hydrogens is 310 g/mol. The molecule has 0 unspecified atom stereocenters. The van der Waals surface area contributed by atoms with Crippen molar-refractivity contribution in [1.29, 1.82) is 0 Å². The van der Waals surface area contributed by atoms with Crippen LogP contribution >= 0.6 is 12.2 Å². The molecule has 3 N–H and O–H groups in total. The molecule has 21 heavy (non-hydrogen) atoms. The van der Waals surface area contributed by atoms with Crippen molar-refractivity contribution in [3.8, 4) is 0 Å². The number of sulfonamides is 1. The predicted molar refractivity (Wildman–Crippen MR) is 82.1 cm³/mol. The van der Waals surface area contributed by atoms with Crippen LogP contribution < -0.4 is 5.73 Å². The van der Waals surface area contributed by atoms with Gasteiger partial charge in [0.2, 0.25) is 10.0 Å². The normalized spacial score (nSPS) is 11.8. The molecule has 2 rings (SSSR count). The molecule has 0 aliphatic rings. The Morgan fingerprint density at radius 2 is 2.19 bits per heavy atom. The van der Waals surface area contributed by atoms with Crippen molar-refractivity contribution in [2.45, 2.75) is 18.4 Å². The van der Waals surface area contributed by atoms with E-state index in [9.17, 15) is 8.42 Å².